The topological polar surface area (TPSA) is 99.9 Å². The molecule has 0 aliphatic carbocycles. The molecule has 0 amide bonds. The Hall–Kier alpha value is -3.48. The van der Waals surface area contributed by atoms with Crippen molar-refractivity contribution in [1.82, 2.24) is 9.97 Å². The maximum Gasteiger partial charge on any atom is 0.362 e. The number of nitrogens with one attached hydrogen (secondary N) is 1. The fourth-order valence-corrected chi connectivity index (χ4v) is 2.25. The molecule has 126 valence electrons. The van der Waals surface area contributed by atoms with Crippen LogP contribution in [0, 0.1) is 0 Å². The summed E-state index contributed by atoms with van der Waals surface area (Å²) in [7, 11) is 0. The van der Waals surface area contributed by atoms with Gasteiger partial charge in [0.05, 0.1) is 6.61 Å². The third-order valence-electron chi connectivity index (χ3n) is 3.43. The Morgan fingerprint density at radius 1 is 1.24 bits per heavy atom. The summed E-state index contributed by atoms with van der Waals surface area (Å²) in [6, 6.07) is 12.2. The zero-order valence-corrected chi connectivity index (χ0v) is 13.5. The van der Waals surface area contributed by atoms with Gasteiger partial charge in [0.2, 0.25) is 5.70 Å². The van der Waals surface area contributed by atoms with Crippen LogP contribution in [0.25, 0.3) is 16.8 Å². The number of carbonyl (C=O) groups excluding carboxylic acids is 1. The highest BCUT2D eigenvalue weighted by atomic mass is 16.5. The van der Waals surface area contributed by atoms with Crippen molar-refractivity contribution in [2.45, 2.75) is 6.92 Å². The number of fused-ring (bicyclic) bond motifs is 1. The number of H-pyrrole nitrogens is 1. The van der Waals surface area contributed by atoms with Crippen LogP contribution in [0.3, 0.4) is 0 Å². The quantitative estimate of drug-likeness (QED) is 0.316. The minimum Gasteiger partial charge on any atom is -0.505 e. The molecule has 3 aromatic rings. The molecule has 0 atom stereocenters. The Bertz CT molecular complexity index is 945. The van der Waals surface area contributed by atoms with Gasteiger partial charge in [-0.05, 0) is 19.1 Å². The van der Waals surface area contributed by atoms with Gasteiger partial charge in [0.15, 0.2) is 5.76 Å². The number of hydrogen-bond acceptors (Lipinski definition) is 6. The second kappa shape index (κ2) is 7.39. The Kier molecular flexibility index (Phi) is 4.84. The van der Waals surface area contributed by atoms with E-state index in [2.05, 4.69) is 20.2 Å². The van der Waals surface area contributed by atoms with Gasteiger partial charge in [-0.2, -0.15) is 0 Å². The van der Waals surface area contributed by atoms with Crippen molar-refractivity contribution in [1.29, 1.82) is 0 Å². The van der Waals surface area contributed by atoms with Gasteiger partial charge in [-0.25, -0.2) is 9.78 Å². The van der Waals surface area contributed by atoms with Crippen LogP contribution in [0.4, 0.5) is 5.69 Å². The highest BCUT2D eigenvalue weighted by molar-refractivity contribution is 5.95. The van der Waals surface area contributed by atoms with Crippen LogP contribution in [0.2, 0.25) is 0 Å². The molecule has 2 aromatic heterocycles. The minimum absolute atomic E-state index is 0.164. The predicted octanol–water partition coefficient (Wildman–Crippen LogP) is 4.14. The van der Waals surface area contributed by atoms with Crippen molar-refractivity contribution in [3.05, 3.63) is 66.1 Å². The lowest BCUT2D eigenvalue weighted by Gasteiger charge is -2.05. The average molecular weight is 336 g/mol. The van der Waals surface area contributed by atoms with E-state index in [4.69, 9.17) is 4.74 Å². The van der Waals surface area contributed by atoms with Gasteiger partial charge in [-0.15, -0.1) is 10.2 Å². The summed E-state index contributed by atoms with van der Waals surface area (Å²) in [6.45, 7) is 1.84. The van der Waals surface area contributed by atoms with Gasteiger partial charge in [0, 0.05) is 23.3 Å². The number of aliphatic hydroxyl groups is 1. The van der Waals surface area contributed by atoms with Crippen molar-refractivity contribution in [3.8, 4) is 0 Å². The van der Waals surface area contributed by atoms with Crippen molar-refractivity contribution < 1.29 is 14.6 Å². The SMILES string of the molecule is CCOC(=O)/C(N=Nc1c[nH]c2ncccc12)=C(\O)c1ccccc1. The highest BCUT2D eigenvalue weighted by Gasteiger charge is 2.18. The predicted molar refractivity (Wildman–Crippen MR) is 93.2 cm³/mol. The number of aromatic nitrogens is 2. The number of rotatable bonds is 5. The largest absolute Gasteiger partial charge is 0.505 e. The van der Waals surface area contributed by atoms with E-state index >= 15 is 0 Å². The molecule has 0 spiro atoms. The second-order valence-electron chi connectivity index (χ2n) is 5.06. The molecule has 25 heavy (non-hydrogen) atoms. The Labute approximate surface area is 143 Å². The summed E-state index contributed by atoms with van der Waals surface area (Å²) in [5.41, 5.74) is 1.35. The zero-order chi connectivity index (χ0) is 17.6. The van der Waals surface area contributed by atoms with Crippen LogP contribution in [0.1, 0.15) is 12.5 Å². The smallest absolute Gasteiger partial charge is 0.362 e. The number of benzene rings is 1. The molecule has 0 aliphatic rings. The van der Waals surface area contributed by atoms with E-state index in [1.54, 1.807) is 55.7 Å². The number of hydrogen-bond donors (Lipinski definition) is 2. The van der Waals surface area contributed by atoms with E-state index in [9.17, 15) is 9.90 Å². The third kappa shape index (κ3) is 3.55. The normalized spacial score (nSPS) is 12.4. The highest BCUT2D eigenvalue weighted by Crippen LogP contribution is 2.26. The van der Waals surface area contributed by atoms with Crippen LogP contribution < -0.4 is 0 Å². The molecule has 0 saturated carbocycles. The molecule has 0 aliphatic heterocycles. The van der Waals surface area contributed by atoms with E-state index in [0.717, 1.165) is 5.39 Å². The van der Waals surface area contributed by atoms with Gasteiger partial charge in [0.1, 0.15) is 11.3 Å². The number of azo groups is 1. The number of aromatic amines is 1. The maximum atomic E-state index is 12.2. The summed E-state index contributed by atoms with van der Waals surface area (Å²) in [4.78, 5) is 19.3. The van der Waals surface area contributed by atoms with Crippen molar-refractivity contribution >= 4 is 28.4 Å². The molecule has 7 heteroatoms. The summed E-state index contributed by atoms with van der Waals surface area (Å²) in [5.74, 6) is -1.04. The third-order valence-corrected chi connectivity index (χ3v) is 3.43. The number of ether oxygens (including phenoxy) is 1. The van der Waals surface area contributed by atoms with E-state index in [1.807, 2.05) is 6.07 Å². The summed E-state index contributed by atoms with van der Waals surface area (Å²) < 4.78 is 4.97. The number of aliphatic hydroxyl groups excluding tert-OH is 1. The standard InChI is InChI=1S/C18H16N4O3/c1-2-25-18(24)15(16(23)12-7-4-3-5-8-12)22-21-14-11-20-17-13(14)9-6-10-19-17/h3-11,23H,2H2,1H3,(H,19,20)/b16-15+,22-21?. The molecular weight excluding hydrogens is 320 g/mol. The molecule has 0 bridgehead atoms. The zero-order valence-electron chi connectivity index (χ0n) is 13.5. The number of esters is 1. The molecule has 1 aromatic carbocycles. The lowest BCUT2D eigenvalue weighted by molar-refractivity contribution is -0.138. The van der Waals surface area contributed by atoms with E-state index in [0.29, 0.717) is 16.9 Å². The number of nitrogens with zero attached hydrogens (tertiary/aromatic N) is 3. The molecular formula is C18H16N4O3. The second-order valence-corrected chi connectivity index (χ2v) is 5.06. The van der Waals surface area contributed by atoms with Gasteiger partial charge in [-0.1, -0.05) is 30.3 Å². The van der Waals surface area contributed by atoms with Crippen LogP contribution in [0.5, 0.6) is 0 Å². The molecule has 0 fully saturated rings. The summed E-state index contributed by atoms with van der Waals surface area (Å²) in [6.07, 6.45) is 3.29. The first kappa shape index (κ1) is 16.4. The number of carbonyl (C=O) groups is 1. The Balaban J connectivity index is 2.02. The maximum absolute atomic E-state index is 12.2. The first-order chi connectivity index (χ1) is 12.2. The van der Waals surface area contributed by atoms with Crippen molar-refractivity contribution in [2.24, 2.45) is 10.2 Å². The van der Waals surface area contributed by atoms with E-state index < -0.39 is 5.97 Å². The molecule has 2 heterocycles. The van der Waals surface area contributed by atoms with Gasteiger partial charge in [0.25, 0.3) is 0 Å². The monoisotopic (exact) mass is 336 g/mol. The van der Waals surface area contributed by atoms with E-state index in [-0.39, 0.29) is 18.1 Å². The average Bonchev–Trinajstić information content (AvgIpc) is 3.06. The fourth-order valence-electron chi connectivity index (χ4n) is 2.25. The van der Waals surface area contributed by atoms with Gasteiger partial charge >= 0.3 is 5.97 Å². The molecule has 0 unspecified atom stereocenters. The van der Waals surface area contributed by atoms with Crippen molar-refractivity contribution in [2.75, 3.05) is 6.61 Å². The minimum atomic E-state index is -0.745. The summed E-state index contributed by atoms with van der Waals surface area (Å²) in [5, 5.41) is 19.2. The van der Waals surface area contributed by atoms with Gasteiger partial charge < -0.3 is 14.8 Å². The van der Waals surface area contributed by atoms with Crippen LogP contribution in [-0.2, 0) is 9.53 Å². The lowest BCUT2D eigenvalue weighted by Crippen LogP contribution is -2.08. The first-order valence-electron chi connectivity index (χ1n) is 7.70. The molecule has 7 nitrogen and oxygen atoms in total. The summed E-state index contributed by atoms with van der Waals surface area (Å²) >= 11 is 0. The van der Waals surface area contributed by atoms with Crippen LogP contribution >= 0.6 is 0 Å². The Morgan fingerprint density at radius 3 is 2.80 bits per heavy atom. The van der Waals surface area contributed by atoms with E-state index in [1.165, 1.54) is 0 Å². The lowest BCUT2D eigenvalue weighted by atomic mass is 10.1. The fraction of sp³-hybridized carbons (Fsp3) is 0.111. The molecule has 0 saturated heterocycles. The number of pyridine rings is 1. The molecule has 0 radical (unpaired) electrons. The van der Waals surface area contributed by atoms with Crippen LogP contribution in [-0.4, -0.2) is 27.7 Å². The molecule has 2 N–H and O–H groups in total. The van der Waals surface area contributed by atoms with Gasteiger partial charge in [-0.3, -0.25) is 0 Å². The first-order valence-corrected chi connectivity index (χ1v) is 7.70. The van der Waals surface area contributed by atoms with Crippen LogP contribution in [0.15, 0.2) is 70.8 Å². The van der Waals surface area contributed by atoms with Crippen molar-refractivity contribution in [3.63, 3.8) is 0 Å². The Morgan fingerprint density at radius 2 is 2.04 bits per heavy atom. The molecule has 3 rings (SSSR count).